The second-order valence-corrected chi connectivity index (χ2v) is 6.82. The van der Waals surface area contributed by atoms with Gasteiger partial charge in [-0.25, -0.2) is 0 Å². The van der Waals surface area contributed by atoms with Crippen molar-refractivity contribution in [1.82, 2.24) is 10.2 Å². The number of hydrogen-bond donors (Lipinski definition) is 2. The number of nitrogens with one attached hydrogen (secondary N) is 1. The number of hydrogen-bond acceptors (Lipinski definition) is 4. The first-order valence-electron chi connectivity index (χ1n) is 8.11. The highest BCUT2D eigenvalue weighted by molar-refractivity contribution is 7.99. The first-order chi connectivity index (χ1) is 12.2. The minimum Gasteiger partial charge on any atom is -0.394 e. The molecule has 1 aliphatic rings. The molecule has 0 aromatic heterocycles. The summed E-state index contributed by atoms with van der Waals surface area (Å²) in [5, 5.41) is 12.3. The smallest absolute Gasteiger partial charge is 0.255 e. The number of rotatable bonds is 5. The van der Waals surface area contributed by atoms with Crippen molar-refractivity contribution in [2.75, 3.05) is 18.2 Å². The zero-order valence-electron chi connectivity index (χ0n) is 13.7. The molecule has 1 atom stereocenters. The SMILES string of the molecule is O=C(NCc1ccccc1)c1ccccc1C(=O)N1CSCC1CO. The fourth-order valence-corrected chi connectivity index (χ4v) is 3.94. The predicted molar refractivity (Wildman–Crippen MR) is 98.4 cm³/mol. The van der Waals surface area contributed by atoms with Gasteiger partial charge in [0.2, 0.25) is 0 Å². The number of carbonyl (C=O) groups is 2. The van der Waals surface area contributed by atoms with Crippen molar-refractivity contribution in [2.24, 2.45) is 0 Å². The van der Waals surface area contributed by atoms with E-state index in [9.17, 15) is 14.7 Å². The molecule has 0 bridgehead atoms. The second-order valence-electron chi connectivity index (χ2n) is 5.83. The summed E-state index contributed by atoms with van der Waals surface area (Å²) in [4.78, 5) is 27.0. The fraction of sp³-hybridized carbons (Fsp3) is 0.263. The Hall–Kier alpha value is -2.31. The van der Waals surface area contributed by atoms with E-state index < -0.39 is 0 Å². The third-order valence-electron chi connectivity index (χ3n) is 4.15. The maximum absolute atomic E-state index is 12.8. The lowest BCUT2D eigenvalue weighted by Gasteiger charge is -2.23. The third-order valence-corrected chi connectivity index (χ3v) is 5.23. The van der Waals surface area contributed by atoms with Crippen LogP contribution in [0.15, 0.2) is 54.6 Å². The molecule has 130 valence electrons. The van der Waals surface area contributed by atoms with Crippen LogP contribution in [-0.4, -0.2) is 46.1 Å². The van der Waals surface area contributed by atoms with E-state index in [-0.39, 0.29) is 24.5 Å². The van der Waals surface area contributed by atoms with Gasteiger partial charge in [-0.05, 0) is 17.7 Å². The highest BCUT2D eigenvalue weighted by Crippen LogP contribution is 2.24. The van der Waals surface area contributed by atoms with Crippen molar-refractivity contribution in [3.05, 3.63) is 71.3 Å². The number of aliphatic hydroxyl groups is 1. The molecule has 3 rings (SSSR count). The summed E-state index contributed by atoms with van der Waals surface area (Å²) in [6, 6.07) is 16.2. The molecule has 2 N–H and O–H groups in total. The first-order valence-corrected chi connectivity index (χ1v) is 9.27. The molecular formula is C19H20N2O3S. The molecule has 1 fully saturated rings. The third kappa shape index (κ3) is 4.03. The van der Waals surface area contributed by atoms with Gasteiger partial charge in [-0.15, -0.1) is 11.8 Å². The van der Waals surface area contributed by atoms with E-state index in [1.165, 1.54) is 0 Å². The van der Waals surface area contributed by atoms with Gasteiger partial charge in [0.05, 0.1) is 29.7 Å². The Balaban J connectivity index is 1.76. The molecule has 1 saturated heterocycles. The summed E-state index contributed by atoms with van der Waals surface area (Å²) in [6.45, 7) is 0.335. The average Bonchev–Trinajstić information content (AvgIpc) is 3.15. The van der Waals surface area contributed by atoms with Crippen molar-refractivity contribution >= 4 is 23.6 Å². The van der Waals surface area contributed by atoms with E-state index in [0.29, 0.717) is 29.3 Å². The Morgan fingerprint density at radius 2 is 1.76 bits per heavy atom. The van der Waals surface area contributed by atoms with E-state index >= 15 is 0 Å². The first kappa shape index (κ1) is 17.5. The highest BCUT2D eigenvalue weighted by Gasteiger charge is 2.31. The van der Waals surface area contributed by atoms with Crippen LogP contribution in [0.2, 0.25) is 0 Å². The van der Waals surface area contributed by atoms with Crippen molar-refractivity contribution in [3.63, 3.8) is 0 Å². The van der Waals surface area contributed by atoms with Gasteiger partial charge < -0.3 is 15.3 Å². The van der Waals surface area contributed by atoms with Gasteiger partial charge in [-0.3, -0.25) is 9.59 Å². The number of amides is 2. The summed E-state index contributed by atoms with van der Waals surface area (Å²) in [5.41, 5.74) is 1.72. The van der Waals surface area contributed by atoms with E-state index in [1.54, 1.807) is 40.9 Å². The molecule has 1 aliphatic heterocycles. The van der Waals surface area contributed by atoms with Gasteiger partial charge in [0.25, 0.3) is 11.8 Å². The molecule has 2 amide bonds. The molecule has 0 aliphatic carbocycles. The molecule has 0 radical (unpaired) electrons. The van der Waals surface area contributed by atoms with Gasteiger partial charge in [0, 0.05) is 12.3 Å². The van der Waals surface area contributed by atoms with E-state index in [2.05, 4.69) is 5.32 Å². The minimum atomic E-state index is -0.278. The van der Waals surface area contributed by atoms with Crippen LogP contribution < -0.4 is 5.32 Å². The molecule has 2 aromatic carbocycles. The molecule has 1 unspecified atom stereocenters. The lowest BCUT2D eigenvalue weighted by atomic mass is 10.0. The molecule has 6 heteroatoms. The van der Waals surface area contributed by atoms with Crippen molar-refractivity contribution in [1.29, 1.82) is 0 Å². The Bertz CT molecular complexity index is 751. The Kier molecular flexibility index (Phi) is 5.73. The molecular weight excluding hydrogens is 336 g/mol. The Labute approximate surface area is 151 Å². The van der Waals surface area contributed by atoms with Gasteiger partial charge in [0.1, 0.15) is 0 Å². The lowest BCUT2D eigenvalue weighted by Crippen LogP contribution is -2.39. The minimum absolute atomic E-state index is 0.0683. The van der Waals surface area contributed by atoms with Crippen LogP contribution in [-0.2, 0) is 6.54 Å². The van der Waals surface area contributed by atoms with Crippen molar-refractivity contribution in [2.45, 2.75) is 12.6 Å². The zero-order chi connectivity index (χ0) is 17.6. The maximum Gasteiger partial charge on any atom is 0.255 e. The number of nitrogens with zero attached hydrogens (tertiary/aromatic N) is 1. The summed E-state index contributed by atoms with van der Waals surface area (Å²) in [7, 11) is 0. The van der Waals surface area contributed by atoms with Crippen LogP contribution in [0.1, 0.15) is 26.3 Å². The monoisotopic (exact) mass is 356 g/mol. The second kappa shape index (κ2) is 8.18. The van der Waals surface area contributed by atoms with E-state index in [0.717, 1.165) is 5.56 Å². The number of thioether (sulfide) groups is 1. The summed E-state index contributed by atoms with van der Waals surface area (Å²) >= 11 is 1.60. The largest absolute Gasteiger partial charge is 0.394 e. The van der Waals surface area contributed by atoms with Gasteiger partial charge in [-0.1, -0.05) is 42.5 Å². The molecule has 5 nitrogen and oxygen atoms in total. The number of carbonyl (C=O) groups excluding carboxylic acids is 2. The zero-order valence-corrected chi connectivity index (χ0v) is 14.5. The van der Waals surface area contributed by atoms with Crippen LogP contribution in [0.4, 0.5) is 0 Å². The van der Waals surface area contributed by atoms with Crippen LogP contribution in [0.25, 0.3) is 0 Å². The summed E-state index contributed by atoms with van der Waals surface area (Å²) < 4.78 is 0. The molecule has 0 saturated carbocycles. The van der Waals surface area contributed by atoms with E-state index in [4.69, 9.17) is 0 Å². The number of benzene rings is 2. The van der Waals surface area contributed by atoms with Crippen LogP contribution >= 0.6 is 11.8 Å². The quantitative estimate of drug-likeness (QED) is 0.861. The standard InChI is InChI=1S/C19H20N2O3S/c22-11-15-12-25-13-21(15)19(24)17-9-5-4-8-16(17)18(23)20-10-14-6-2-1-3-7-14/h1-9,15,22H,10-13H2,(H,20,23). The average molecular weight is 356 g/mol. The van der Waals surface area contributed by atoms with Gasteiger partial charge >= 0.3 is 0 Å². The highest BCUT2D eigenvalue weighted by atomic mass is 32.2. The predicted octanol–water partition coefficient (Wildman–Crippen LogP) is 2.12. The van der Waals surface area contributed by atoms with Crippen LogP contribution in [0.5, 0.6) is 0 Å². The maximum atomic E-state index is 12.8. The fourth-order valence-electron chi connectivity index (χ4n) is 2.75. The topological polar surface area (TPSA) is 69.6 Å². The normalized spacial score (nSPS) is 16.7. The van der Waals surface area contributed by atoms with Crippen molar-refractivity contribution < 1.29 is 14.7 Å². The molecule has 0 spiro atoms. The Morgan fingerprint density at radius 1 is 1.08 bits per heavy atom. The van der Waals surface area contributed by atoms with Crippen molar-refractivity contribution in [3.8, 4) is 0 Å². The van der Waals surface area contributed by atoms with Gasteiger partial charge in [-0.2, -0.15) is 0 Å². The molecule has 25 heavy (non-hydrogen) atoms. The van der Waals surface area contributed by atoms with E-state index in [1.807, 2.05) is 30.3 Å². The summed E-state index contributed by atoms with van der Waals surface area (Å²) in [5.74, 6) is 0.754. The summed E-state index contributed by atoms with van der Waals surface area (Å²) in [6.07, 6.45) is 0. The molecule has 1 heterocycles. The van der Waals surface area contributed by atoms with Gasteiger partial charge in [0.15, 0.2) is 0 Å². The number of aliphatic hydroxyl groups excluding tert-OH is 1. The lowest BCUT2D eigenvalue weighted by molar-refractivity contribution is 0.0686. The van der Waals surface area contributed by atoms with Crippen LogP contribution in [0, 0.1) is 0 Å². The van der Waals surface area contributed by atoms with Crippen LogP contribution in [0.3, 0.4) is 0 Å². The molecule has 2 aromatic rings. The Morgan fingerprint density at radius 3 is 2.48 bits per heavy atom.